The molecule has 4 heteroatoms. The van der Waals surface area contributed by atoms with Gasteiger partial charge in [0.05, 0.1) is 12.3 Å². The van der Waals surface area contributed by atoms with E-state index in [-0.39, 0.29) is 0 Å². The summed E-state index contributed by atoms with van der Waals surface area (Å²) in [5, 5.41) is 3.48. The van der Waals surface area contributed by atoms with Gasteiger partial charge in [-0.3, -0.25) is 0 Å². The molecule has 0 amide bonds. The summed E-state index contributed by atoms with van der Waals surface area (Å²) in [6.45, 7) is 0.516. The van der Waals surface area contributed by atoms with Crippen LogP contribution in [-0.2, 0) is 24.2 Å². The maximum Gasteiger partial charge on any atom is 0.129 e. The molecular weight excluding hydrogens is 238 g/mol. The number of rotatable bonds is 4. The van der Waals surface area contributed by atoms with Crippen LogP contribution in [0.15, 0.2) is 36.7 Å². The van der Waals surface area contributed by atoms with Crippen LogP contribution in [0.1, 0.15) is 16.8 Å². The molecule has 0 bridgehead atoms. The topological polar surface area (TPSA) is 47.0 Å². The van der Waals surface area contributed by atoms with Crippen molar-refractivity contribution in [3.63, 3.8) is 0 Å². The summed E-state index contributed by atoms with van der Waals surface area (Å²) in [5.41, 5.74) is 3.77. The number of hydrogen-bond donors (Lipinski definition) is 1. The second-order valence-electron chi connectivity index (χ2n) is 4.85. The molecule has 3 rings (SSSR count). The molecular formula is C15H17N3O. The van der Waals surface area contributed by atoms with Crippen molar-refractivity contribution in [2.45, 2.75) is 25.5 Å². The number of hydrogen-bond acceptors (Lipinski definition) is 4. The molecule has 0 spiro atoms. The van der Waals surface area contributed by atoms with E-state index < -0.39 is 0 Å². The smallest absolute Gasteiger partial charge is 0.129 e. The van der Waals surface area contributed by atoms with E-state index in [1.165, 1.54) is 11.1 Å². The van der Waals surface area contributed by atoms with Crippen molar-refractivity contribution in [2.24, 2.45) is 0 Å². The lowest BCUT2D eigenvalue weighted by Gasteiger charge is -2.13. The third kappa shape index (κ3) is 2.74. The quantitative estimate of drug-likeness (QED) is 0.910. The summed E-state index contributed by atoms with van der Waals surface area (Å²) in [4.78, 5) is 8.44. The molecule has 1 aliphatic carbocycles. The van der Waals surface area contributed by atoms with Crippen molar-refractivity contribution < 1.29 is 4.74 Å². The van der Waals surface area contributed by atoms with E-state index in [4.69, 9.17) is 4.74 Å². The number of ether oxygens (including phenoxy) is 1. The summed E-state index contributed by atoms with van der Waals surface area (Å²) in [6, 6.07) is 11.0. The van der Waals surface area contributed by atoms with E-state index >= 15 is 0 Å². The maximum absolute atomic E-state index is 5.09. The second kappa shape index (κ2) is 5.36. The van der Waals surface area contributed by atoms with Gasteiger partial charge in [0.2, 0.25) is 0 Å². The molecule has 2 aromatic rings. The van der Waals surface area contributed by atoms with Gasteiger partial charge < -0.3 is 10.1 Å². The highest BCUT2D eigenvalue weighted by atomic mass is 16.5. The average molecular weight is 255 g/mol. The first-order valence-electron chi connectivity index (χ1n) is 6.48. The van der Waals surface area contributed by atoms with E-state index in [1.54, 1.807) is 13.4 Å². The SMILES string of the molecule is COCc1cc(NC2Cc3ccccc3C2)ncn1. The summed E-state index contributed by atoms with van der Waals surface area (Å²) >= 11 is 0. The van der Waals surface area contributed by atoms with Gasteiger partial charge in [-0.15, -0.1) is 0 Å². The highest BCUT2D eigenvalue weighted by Crippen LogP contribution is 2.23. The lowest BCUT2D eigenvalue weighted by atomic mass is 10.1. The summed E-state index contributed by atoms with van der Waals surface area (Å²) in [6.07, 6.45) is 3.69. The van der Waals surface area contributed by atoms with Crippen LogP contribution in [0.2, 0.25) is 0 Å². The third-order valence-electron chi connectivity index (χ3n) is 3.42. The molecule has 0 saturated carbocycles. The molecule has 0 unspecified atom stereocenters. The predicted octanol–water partition coefficient (Wildman–Crippen LogP) is 2.20. The first kappa shape index (κ1) is 12.1. The molecule has 1 N–H and O–H groups in total. The van der Waals surface area contributed by atoms with Crippen molar-refractivity contribution in [3.8, 4) is 0 Å². The summed E-state index contributed by atoms with van der Waals surface area (Å²) in [5.74, 6) is 0.875. The molecule has 0 saturated heterocycles. The van der Waals surface area contributed by atoms with Gasteiger partial charge in [0.1, 0.15) is 12.1 Å². The number of fused-ring (bicyclic) bond motifs is 1. The zero-order valence-electron chi connectivity index (χ0n) is 11.0. The van der Waals surface area contributed by atoms with Gasteiger partial charge in [-0.1, -0.05) is 24.3 Å². The van der Waals surface area contributed by atoms with Gasteiger partial charge in [0.15, 0.2) is 0 Å². The molecule has 0 fully saturated rings. The highest BCUT2D eigenvalue weighted by molar-refractivity contribution is 5.41. The van der Waals surface area contributed by atoms with Gasteiger partial charge in [0, 0.05) is 19.2 Å². The van der Waals surface area contributed by atoms with E-state index in [0.717, 1.165) is 24.4 Å². The van der Waals surface area contributed by atoms with Crippen LogP contribution in [0.4, 0.5) is 5.82 Å². The average Bonchev–Trinajstić information content (AvgIpc) is 2.81. The lowest BCUT2D eigenvalue weighted by molar-refractivity contribution is 0.181. The summed E-state index contributed by atoms with van der Waals surface area (Å²) in [7, 11) is 1.67. The largest absolute Gasteiger partial charge is 0.378 e. The molecule has 98 valence electrons. The van der Waals surface area contributed by atoms with Gasteiger partial charge in [-0.2, -0.15) is 0 Å². The fraction of sp³-hybridized carbons (Fsp3) is 0.333. The van der Waals surface area contributed by atoms with E-state index in [1.807, 2.05) is 6.07 Å². The fourth-order valence-electron chi connectivity index (χ4n) is 2.57. The predicted molar refractivity (Wildman–Crippen MR) is 74.0 cm³/mol. The van der Waals surface area contributed by atoms with Crippen LogP contribution < -0.4 is 5.32 Å². The van der Waals surface area contributed by atoms with Crippen molar-refractivity contribution in [1.29, 1.82) is 0 Å². The van der Waals surface area contributed by atoms with E-state index in [2.05, 4.69) is 39.6 Å². The number of benzene rings is 1. The van der Waals surface area contributed by atoms with Gasteiger partial charge in [0.25, 0.3) is 0 Å². The van der Waals surface area contributed by atoms with Crippen LogP contribution in [0.5, 0.6) is 0 Å². The maximum atomic E-state index is 5.09. The first-order chi connectivity index (χ1) is 9.35. The molecule has 0 atom stereocenters. The molecule has 1 heterocycles. The highest BCUT2D eigenvalue weighted by Gasteiger charge is 2.20. The zero-order chi connectivity index (χ0) is 13.1. The minimum atomic E-state index is 0.419. The number of methoxy groups -OCH3 is 1. The van der Waals surface area contributed by atoms with Crippen molar-refractivity contribution in [2.75, 3.05) is 12.4 Å². The zero-order valence-corrected chi connectivity index (χ0v) is 11.0. The Labute approximate surface area is 112 Å². The van der Waals surface area contributed by atoms with Crippen molar-refractivity contribution in [3.05, 3.63) is 53.5 Å². The Morgan fingerprint density at radius 2 is 1.95 bits per heavy atom. The Morgan fingerprint density at radius 1 is 1.21 bits per heavy atom. The number of anilines is 1. The summed E-state index contributed by atoms with van der Waals surface area (Å²) < 4.78 is 5.09. The molecule has 1 aromatic carbocycles. The first-order valence-corrected chi connectivity index (χ1v) is 6.48. The van der Waals surface area contributed by atoms with Crippen LogP contribution in [0.3, 0.4) is 0 Å². The van der Waals surface area contributed by atoms with Crippen LogP contribution in [0, 0.1) is 0 Å². The van der Waals surface area contributed by atoms with E-state index in [0.29, 0.717) is 12.6 Å². The standard InChI is InChI=1S/C15H17N3O/c1-19-9-14-8-15(17-10-16-14)18-13-6-11-4-2-3-5-12(11)7-13/h2-5,8,10,13H,6-7,9H2,1H3,(H,16,17,18). The molecule has 4 nitrogen and oxygen atoms in total. The van der Waals surface area contributed by atoms with Crippen LogP contribution in [0.25, 0.3) is 0 Å². The van der Waals surface area contributed by atoms with Gasteiger partial charge in [-0.25, -0.2) is 9.97 Å². The third-order valence-corrected chi connectivity index (χ3v) is 3.42. The normalized spacial score (nSPS) is 14.4. The second-order valence-corrected chi connectivity index (χ2v) is 4.85. The van der Waals surface area contributed by atoms with Crippen molar-refractivity contribution in [1.82, 2.24) is 9.97 Å². The Morgan fingerprint density at radius 3 is 2.63 bits per heavy atom. The van der Waals surface area contributed by atoms with Crippen LogP contribution >= 0.6 is 0 Å². The molecule has 1 aliphatic rings. The fourth-order valence-corrected chi connectivity index (χ4v) is 2.57. The Balaban J connectivity index is 1.69. The number of aromatic nitrogens is 2. The monoisotopic (exact) mass is 255 g/mol. The number of nitrogens with zero attached hydrogens (tertiary/aromatic N) is 2. The van der Waals surface area contributed by atoms with Gasteiger partial charge >= 0.3 is 0 Å². The minimum Gasteiger partial charge on any atom is -0.378 e. The Bertz CT molecular complexity index is 546. The molecule has 1 aromatic heterocycles. The molecule has 19 heavy (non-hydrogen) atoms. The Kier molecular flexibility index (Phi) is 3.42. The van der Waals surface area contributed by atoms with Gasteiger partial charge in [-0.05, 0) is 24.0 Å². The Hall–Kier alpha value is -1.94. The molecule has 0 aliphatic heterocycles. The molecule has 0 radical (unpaired) electrons. The van der Waals surface area contributed by atoms with E-state index in [9.17, 15) is 0 Å². The lowest BCUT2D eigenvalue weighted by Crippen LogP contribution is -2.20. The minimum absolute atomic E-state index is 0.419. The number of nitrogens with one attached hydrogen (secondary N) is 1. The van der Waals surface area contributed by atoms with Crippen LogP contribution in [-0.4, -0.2) is 23.1 Å². The van der Waals surface area contributed by atoms with Crippen molar-refractivity contribution >= 4 is 5.82 Å².